The molecule has 22 heavy (non-hydrogen) atoms. The summed E-state index contributed by atoms with van der Waals surface area (Å²) in [4.78, 5) is 11.0. The van der Waals surface area contributed by atoms with Crippen molar-refractivity contribution in [1.82, 2.24) is 0 Å². The van der Waals surface area contributed by atoms with Gasteiger partial charge in [-0.1, -0.05) is 42.5 Å². The molecule has 2 aromatic rings. The number of aromatic carboxylic acids is 1. The Kier molecular flexibility index (Phi) is 7.03. The summed E-state index contributed by atoms with van der Waals surface area (Å²) < 4.78 is 0. The second kappa shape index (κ2) is 8.78. The molecule has 0 spiro atoms. The largest absolute Gasteiger partial charge is 0.507 e. The summed E-state index contributed by atoms with van der Waals surface area (Å²) in [5.74, 6) is -1.06. The second-order valence-corrected chi connectivity index (χ2v) is 4.34. The van der Waals surface area contributed by atoms with Gasteiger partial charge in [-0.3, -0.25) is 0 Å². The summed E-state index contributed by atoms with van der Waals surface area (Å²) in [5, 5.41) is 19.0. The van der Waals surface area contributed by atoms with E-state index in [-0.39, 0.29) is 28.4 Å². The number of carbonyl (C=O) groups is 1. The molecule has 0 aromatic heterocycles. The van der Waals surface area contributed by atoms with Crippen LogP contribution in [0.3, 0.4) is 0 Å². The standard InChI is InChI=1S/C13H10O3.C5H5.Fe/c14-12(9-5-1-2-6-9)10-7-3-4-8-11(10)13(15)16;1-2-4-5-3-1;/h1-8,14H,(H,15,16);1-5H;/q;-1;. The van der Waals surface area contributed by atoms with Gasteiger partial charge in [-0.25, -0.2) is 16.9 Å². The van der Waals surface area contributed by atoms with Gasteiger partial charge in [0.05, 0.1) is 5.56 Å². The number of aliphatic hydroxyl groups excluding tert-OH is 1. The molecule has 0 atom stereocenters. The predicted octanol–water partition coefficient (Wildman–Crippen LogP) is 4.18. The number of aliphatic hydroxyl groups is 1. The van der Waals surface area contributed by atoms with Gasteiger partial charge < -0.3 is 10.2 Å². The van der Waals surface area contributed by atoms with Crippen molar-refractivity contribution in [2.45, 2.75) is 0 Å². The van der Waals surface area contributed by atoms with E-state index in [1.54, 1.807) is 42.5 Å². The fraction of sp³-hybridized carbons (Fsp3) is 0. The summed E-state index contributed by atoms with van der Waals surface area (Å²) in [7, 11) is 0. The molecular formula is C18H15FeO3-. The second-order valence-electron chi connectivity index (χ2n) is 4.34. The Bertz CT molecular complexity index is 664. The SMILES string of the molecule is O=C(O)c1ccccc1C(O)=C1C=CC=C1.[Fe].c1cc[cH-]c1. The first kappa shape index (κ1) is 17.6. The van der Waals surface area contributed by atoms with E-state index in [0.29, 0.717) is 11.1 Å². The molecule has 0 heterocycles. The van der Waals surface area contributed by atoms with Gasteiger partial charge in [-0.2, -0.15) is 18.2 Å². The normalized spacial score (nSPS) is 11.4. The summed E-state index contributed by atoms with van der Waals surface area (Å²) in [6.07, 6.45) is 7.03. The van der Waals surface area contributed by atoms with Crippen LogP contribution >= 0.6 is 0 Å². The third-order valence-corrected chi connectivity index (χ3v) is 2.90. The number of benzene rings is 1. The summed E-state index contributed by atoms with van der Waals surface area (Å²) >= 11 is 0. The Morgan fingerprint density at radius 2 is 1.41 bits per heavy atom. The van der Waals surface area contributed by atoms with E-state index in [9.17, 15) is 9.90 Å². The number of hydrogen-bond acceptors (Lipinski definition) is 2. The minimum Gasteiger partial charge on any atom is -0.507 e. The van der Waals surface area contributed by atoms with E-state index in [1.165, 1.54) is 6.07 Å². The van der Waals surface area contributed by atoms with E-state index < -0.39 is 5.97 Å². The van der Waals surface area contributed by atoms with Crippen LogP contribution in [-0.2, 0) is 17.1 Å². The molecule has 0 aliphatic heterocycles. The molecule has 2 N–H and O–H groups in total. The van der Waals surface area contributed by atoms with E-state index in [4.69, 9.17) is 5.11 Å². The van der Waals surface area contributed by atoms with Crippen LogP contribution in [0.25, 0.3) is 5.76 Å². The Hall–Kier alpha value is -2.42. The van der Waals surface area contributed by atoms with E-state index in [2.05, 4.69) is 0 Å². The molecule has 3 rings (SSSR count). The zero-order chi connectivity index (χ0) is 15.1. The third-order valence-electron chi connectivity index (χ3n) is 2.90. The van der Waals surface area contributed by atoms with Gasteiger partial charge in [0.2, 0.25) is 0 Å². The number of carboxylic acids is 1. The molecule has 0 unspecified atom stereocenters. The maximum absolute atomic E-state index is 11.0. The first-order chi connectivity index (χ1) is 10.2. The zero-order valence-electron chi connectivity index (χ0n) is 11.7. The number of carboxylic acid groups (broad SMARTS) is 1. The van der Waals surface area contributed by atoms with Gasteiger partial charge in [0.15, 0.2) is 0 Å². The average Bonchev–Trinajstić information content (AvgIpc) is 3.21. The van der Waals surface area contributed by atoms with Crippen LogP contribution in [0, 0.1) is 0 Å². The van der Waals surface area contributed by atoms with Crippen LogP contribution < -0.4 is 0 Å². The van der Waals surface area contributed by atoms with E-state index in [1.807, 2.05) is 30.3 Å². The Balaban J connectivity index is 0.000000344. The fourth-order valence-corrected chi connectivity index (χ4v) is 1.88. The van der Waals surface area contributed by atoms with Crippen molar-refractivity contribution >= 4 is 11.7 Å². The molecule has 3 nitrogen and oxygen atoms in total. The van der Waals surface area contributed by atoms with Gasteiger partial charge in [-0.05, 0) is 6.07 Å². The molecule has 0 bridgehead atoms. The van der Waals surface area contributed by atoms with Crippen molar-refractivity contribution in [1.29, 1.82) is 0 Å². The van der Waals surface area contributed by atoms with Crippen molar-refractivity contribution in [2.24, 2.45) is 0 Å². The molecule has 4 heteroatoms. The van der Waals surface area contributed by atoms with Gasteiger partial charge >= 0.3 is 5.97 Å². The number of hydrogen-bond donors (Lipinski definition) is 2. The van der Waals surface area contributed by atoms with Crippen LogP contribution in [0.4, 0.5) is 0 Å². The monoisotopic (exact) mass is 335 g/mol. The minimum absolute atomic E-state index is 0. The topological polar surface area (TPSA) is 57.5 Å². The molecule has 0 radical (unpaired) electrons. The van der Waals surface area contributed by atoms with Crippen molar-refractivity contribution < 1.29 is 32.1 Å². The van der Waals surface area contributed by atoms with Gasteiger partial charge in [0.1, 0.15) is 5.76 Å². The zero-order valence-corrected chi connectivity index (χ0v) is 12.8. The Labute approximate surface area is 139 Å². The molecule has 0 amide bonds. The van der Waals surface area contributed by atoms with Crippen molar-refractivity contribution in [3.8, 4) is 0 Å². The van der Waals surface area contributed by atoms with Gasteiger partial charge in [0, 0.05) is 28.2 Å². The van der Waals surface area contributed by atoms with Crippen LogP contribution in [-0.4, -0.2) is 16.2 Å². The van der Waals surface area contributed by atoms with Gasteiger partial charge in [0.25, 0.3) is 0 Å². The van der Waals surface area contributed by atoms with Crippen LogP contribution in [0.5, 0.6) is 0 Å². The molecule has 1 aliphatic rings. The van der Waals surface area contributed by atoms with Crippen LogP contribution in [0.2, 0.25) is 0 Å². The quantitative estimate of drug-likeness (QED) is 0.492. The first-order valence-electron chi connectivity index (χ1n) is 6.47. The Morgan fingerprint density at radius 3 is 1.86 bits per heavy atom. The average molecular weight is 335 g/mol. The maximum Gasteiger partial charge on any atom is 0.336 e. The smallest absolute Gasteiger partial charge is 0.336 e. The van der Waals surface area contributed by atoms with Crippen LogP contribution in [0.15, 0.2) is 84.5 Å². The molecule has 114 valence electrons. The number of rotatable bonds is 2. The summed E-state index contributed by atoms with van der Waals surface area (Å²) in [6, 6.07) is 16.4. The molecule has 0 saturated heterocycles. The first-order valence-corrected chi connectivity index (χ1v) is 6.47. The molecule has 0 fully saturated rings. The molecule has 2 aromatic carbocycles. The third kappa shape index (κ3) is 4.55. The predicted molar refractivity (Wildman–Crippen MR) is 83.3 cm³/mol. The fourth-order valence-electron chi connectivity index (χ4n) is 1.88. The molecular weight excluding hydrogens is 320 g/mol. The van der Waals surface area contributed by atoms with Crippen LogP contribution in [0.1, 0.15) is 15.9 Å². The summed E-state index contributed by atoms with van der Waals surface area (Å²) in [5.41, 5.74) is 1.05. The van der Waals surface area contributed by atoms with E-state index in [0.717, 1.165) is 0 Å². The molecule has 1 aliphatic carbocycles. The Morgan fingerprint density at radius 1 is 0.864 bits per heavy atom. The van der Waals surface area contributed by atoms with Gasteiger partial charge in [-0.15, -0.1) is 0 Å². The summed E-state index contributed by atoms with van der Waals surface area (Å²) in [6.45, 7) is 0. The van der Waals surface area contributed by atoms with Crippen molar-refractivity contribution in [3.63, 3.8) is 0 Å². The molecule has 0 saturated carbocycles. The number of allylic oxidation sites excluding steroid dienone is 5. The minimum atomic E-state index is -1.05. The van der Waals surface area contributed by atoms with Crippen molar-refractivity contribution in [3.05, 3.63) is 95.6 Å². The maximum atomic E-state index is 11.0. The van der Waals surface area contributed by atoms with Crippen molar-refractivity contribution in [2.75, 3.05) is 0 Å². The van der Waals surface area contributed by atoms with E-state index >= 15 is 0 Å².